The molecule has 26 heteroatoms. The van der Waals surface area contributed by atoms with Crippen molar-refractivity contribution < 1.29 is 76.4 Å². The molecule has 560 valence electrons. The van der Waals surface area contributed by atoms with E-state index in [1.165, 1.54) is 68.1 Å². The summed E-state index contributed by atoms with van der Waals surface area (Å²) in [6, 6.07) is 15.6. The van der Waals surface area contributed by atoms with Gasteiger partial charge >= 0.3 is 36.1 Å². The van der Waals surface area contributed by atoms with Crippen molar-refractivity contribution in [2.75, 3.05) is 31.3 Å². The summed E-state index contributed by atoms with van der Waals surface area (Å²) < 4.78 is 32.9. The molecule has 4 amide bonds. The SMILES string of the molecule is C/C=C(\NC(=O)c1csc(CNC(=O)OC(C)(C)C)n1)C(=O)N[C@@H](C)C(=O)O[C@H](/C=C/CCSC(=O)CCCCCCC)CC(=O)OCC[Si](C)(C)C.CCCCCCCC(=O)SCC/C=C/[C@H](CC(=O)OCC[Si](C)(C)C)OC(=O)[C@H](C)NC(=O)OCC1c2ccccc2-c2ccccc21. The van der Waals surface area contributed by atoms with Gasteiger partial charge < -0.3 is 49.7 Å². The van der Waals surface area contributed by atoms with Gasteiger partial charge in [-0.05, 0) is 114 Å². The number of fused-ring (bicyclic) bond motifs is 3. The van der Waals surface area contributed by atoms with Crippen LogP contribution in [0.2, 0.25) is 51.4 Å². The topological polar surface area (TPSA) is 287 Å². The number of carbonyl (C=O) groups is 10. The number of nitrogens with one attached hydrogen (secondary N) is 4. The summed E-state index contributed by atoms with van der Waals surface area (Å²) in [4.78, 5) is 131. The summed E-state index contributed by atoms with van der Waals surface area (Å²) >= 11 is 3.72. The quantitative estimate of drug-likeness (QED) is 0.0102. The van der Waals surface area contributed by atoms with Crippen molar-refractivity contribution in [2.45, 2.75) is 252 Å². The van der Waals surface area contributed by atoms with Crippen LogP contribution in [0.25, 0.3) is 11.1 Å². The number of amides is 4. The van der Waals surface area contributed by atoms with Gasteiger partial charge in [0, 0.05) is 51.8 Å². The van der Waals surface area contributed by atoms with E-state index in [4.69, 9.17) is 28.4 Å². The molecule has 0 radical (unpaired) electrons. The standard InChI is InChI=1S/C38H53NO7SSi.C37H60N4O9S2Si/c1-6-7-8-9-10-22-36(41)47-24-16-15-17-29(26-35(40)44-23-25-48(3,4)5)46-37(42)28(2)39-38(43)45-27-34-32-20-13-11-18-30(32)31-19-12-14-21-33(31)34;1-10-12-13-14-15-19-32(43)51-21-17-16-18-27(23-31(42)48-20-22-53(7,8)9)49-35(46)26(3)39-33(44)28(11-2)41-34(45)29-25-52-30(40-29)24-38-36(47)50-37(4,5)6/h11-15,17-21,28-29,34H,6-10,16,22-27H2,1-5H3,(H,39,43);11,16,18,25-27H,10,12-15,17,19-24H2,1-9H3,(H,38,47)(H,39,44)(H,41,45)/b17-15+;18-16+,28-11-/t28-,29+;26-,27+/m00/s1. The molecule has 0 spiro atoms. The third-order valence-electron chi connectivity index (χ3n) is 15.3. The fourth-order valence-corrected chi connectivity index (χ4v) is 13.4. The van der Waals surface area contributed by atoms with Gasteiger partial charge in [0.15, 0.2) is 10.2 Å². The zero-order valence-electron chi connectivity index (χ0n) is 62.1. The number of aromatic nitrogens is 1. The lowest BCUT2D eigenvalue weighted by atomic mass is 9.98. The summed E-state index contributed by atoms with van der Waals surface area (Å²) in [6.07, 6.45) is 17.9. The maximum atomic E-state index is 13.1. The molecule has 0 unspecified atom stereocenters. The third-order valence-corrected chi connectivity index (χ3v) is 21.5. The molecule has 101 heavy (non-hydrogen) atoms. The molecule has 0 saturated carbocycles. The van der Waals surface area contributed by atoms with Crippen LogP contribution in [0.5, 0.6) is 0 Å². The van der Waals surface area contributed by atoms with E-state index < -0.39 is 93.9 Å². The Kier molecular flexibility index (Phi) is 41.5. The zero-order valence-corrected chi connectivity index (χ0v) is 66.6. The Morgan fingerprint density at radius 1 is 0.624 bits per heavy atom. The summed E-state index contributed by atoms with van der Waals surface area (Å²) in [5.41, 5.74) is 3.69. The fourth-order valence-electron chi connectivity index (χ4n) is 9.67. The average Bonchev–Trinajstić information content (AvgIpc) is 1.62. The Morgan fingerprint density at radius 2 is 1.09 bits per heavy atom. The first-order valence-corrected chi connectivity index (χ1v) is 45.8. The number of nitrogens with zero attached hydrogens (tertiary/aromatic N) is 1. The van der Waals surface area contributed by atoms with E-state index in [0.29, 0.717) is 48.8 Å². The van der Waals surface area contributed by atoms with Crippen LogP contribution in [0, 0.1) is 0 Å². The van der Waals surface area contributed by atoms with Crippen molar-refractivity contribution in [3.8, 4) is 11.1 Å². The molecule has 1 aromatic heterocycles. The van der Waals surface area contributed by atoms with Crippen molar-refractivity contribution in [1.82, 2.24) is 26.3 Å². The van der Waals surface area contributed by atoms with Crippen LogP contribution in [0.3, 0.4) is 0 Å². The minimum Gasteiger partial charge on any atom is -0.466 e. The van der Waals surface area contributed by atoms with Crippen molar-refractivity contribution >= 4 is 109 Å². The van der Waals surface area contributed by atoms with Crippen molar-refractivity contribution in [3.63, 3.8) is 0 Å². The van der Waals surface area contributed by atoms with Crippen molar-refractivity contribution in [3.05, 3.63) is 112 Å². The molecule has 3 aromatic rings. The van der Waals surface area contributed by atoms with Crippen LogP contribution in [0.15, 0.2) is 90.0 Å². The monoisotopic (exact) mass is 1490 g/mol. The Hall–Kier alpha value is -6.88. The maximum Gasteiger partial charge on any atom is 0.408 e. The Labute approximate surface area is 614 Å². The summed E-state index contributed by atoms with van der Waals surface area (Å²) in [7, 11) is -2.81. The van der Waals surface area contributed by atoms with E-state index >= 15 is 0 Å². The molecule has 4 atom stereocenters. The second kappa shape index (κ2) is 47.4. The Balaban J connectivity index is 0.000000527. The first-order chi connectivity index (χ1) is 47.8. The number of hydrogen-bond acceptors (Lipinski definition) is 20. The molecule has 4 rings (SSSR count). The van der Waals surface area contributed by atoms with E-state index in [0.717, 1.165) is 90.6 Å². The number of rotatable bonds is 43. The van der Waals surface area contributed by atoms with Gasteiger partial charge in [-0.2, -0.15) is 0 Å². The number of benzene rings is 2. The van der Waals surface area contributed by atoms with E-state index in [1.54, 1.807) is 45.9 Å². The highest BCUT2D eigenvalue weighted by Crippen LogP contribution is 2.44. The van der Waals surface area contributed by atoms with Crippen LogP contribution < -0.4 is 21.3 Å². The molecule has 1 aliphatic rings. The zero-order chi connectivity index (χ0) is 75.0. The van der Waals surface area contributed by atoms with E-state index in [-0.39, 0.29) is 60.1 Å². The first-order valence-electron chi connectivity index (χ1n) is 35.5. The van der Waals surface area contributed by atoms with Gasteiger partial charge in [0.2, 0.25) is 0 Å². The van der Waals surface area contributed by atoms with Crippen molar-refractivity contribution in [1.29, 1.82) is 0 Å². The maximum absolute atomic E-state index is 13.1. The Bertz CT molecular complexity index is 3180. The van der Waals surface area contributed by atoms with Gasteiger partial charge in [0.1, 0.15) is 52.9 Å². The molecule has 4 N–H and O–H groups in total. The van der Waals surface area contributed by atoms with E-state index in [9.17, 15) is 47.9 Å². The highest BCUT2D eigenvalue weighted by molar-refractivity contribution is 8.13. The largest absolute Gasteiger partial charge is 0.466 e. The third kappa shape index (κ3) is 38.8. The van der Waals surface area contributed by atoms with Crippen LogP contribution in [-0.2, 0) is 68.5 Å². The second-order valence-electron chi connectivity index (χ2n) is 28.1. The van der Waals surface area contributed by atoms with Crippen LogP contribution in [0.1, 0.15) is 191 Å². The number of unbranched alkanes of at least 4 members (excludes halogenated alkanes) is 8. The van der Waals surface area contributed by atoms with Crippen LogP contribution in [0.4, 0.5) is 9.59 Å². The lowest BCUT2D eigenvalue weighted by molar-refractivity contribution is -0.155. The molecule has 21 nitrogen and oxygen atoms in total. The number of ether oxygens (including phenoxy) is 6. The number of allylic oxidation sites excluding steroid dienone is 3. The van der Waals surface area contributed by atoms with Gasteiger partial charge in [-0.25, -0.2) is 24.2 Å². The smallest absolute Gasteiger partial charge is 0.408 e. The molecule has 1 heterocycles. The van der Waals surface area contributed by atoms with E-state index in [1.807, 2.05) is 42.5 Å². The Morgan fingerprint density at radius 3 is 1.54 bits per heavy atom. The van der Waals surface area contributed by atoms with Crippen molar-refractivity contribution in [2.24, 2.45) is 0 Å². The highest BCUT2D eigenvalue weighted by Gasteiger charge is 2.31. The minimum atomic E-state index is -1.43. The van der Waals surface area contributed by atoms with Gasteiger partial charge in [-0.15, -0.1) is 11.3 Å². The molecule has 0 aliphatic heterocycles. The van der Waals surface area contributed by atoms with E-state index in [2.05, 4.69) is 91.5 Å². The highest BCUT2D eigenvalue weighted by atomic mass is 32.2. The lowest BCUT2D eigenvalue weighted by Gasteiger charge is -2.20. The van der Waals surface area contributed by atoms with Crippen LogP contribution >= 0.6 is 34.9 Å². The molecule has 1 aliphatic carbocycles. The molecule has 0 bridgehead atoms. The molecule has 2 aromatic carbocycles. The molecule has 0 fully saturated rings. The normalized spacial score (nSPS) is 13.5. The number of thiazole rings is 1. The summed E-state index contributed by atoms with van der Waals surface area (Å²) in [6.45, 7) is 27.9. The predicted molar refractivity (Wildman–Crippen MR) is 408 cm³/mol. The van der Waals surface area contributed by atoms with Gasteiger partial charge in [0.05, 0.1) is 32.6 Å². The molecular weight excluding hydrogens is 1380 g/mol. The first kappa shape index (κ1) is 88.3. The van der Waals surface area contributed by atoms with Gasteiger partial charge in [-0.1, -0.05) is 195 Å². The van der Waals surface area contributed by atoms with Gasteiger partial charge in [-0.3, -0.25) is 28.8 Å². The average molecular weight is 1490 g/mol. The summed E-state index contributed by atoms with van der Waals surface area (Å²) in [5.74, 6) is -2.80. The molecular formula is C75H113N5O16S3Si2. The number of hydrogen-bond donors (Lipinski definition) is 4. The van der Waals surface area contributed by atoms with Crippen LogP contribution in [-0.4, -0.2) is 140 Å². The fraction of sp³-hybridized carbons (Fsp3) is 0.587. The number of thioether (sulfide) groups is 2. The minimum absolute atomic E-state index is 0.0344. The number of alkyl carbamates (subject to hydrolysis) is 2. The lowest BCUT2D eigenvalue weighted by Crippen LogP contribution is -2.44. The second-order valence-corrected chi connectivity index (χ2v) is 42.6. The van der Waals surface area contributed by atoms with Gasteiger partial charge in [0.25, 0.3) is 11.8 Å². The number of esters is 4. The summed E-state index contributed by atoms with van der Waals surface area (Å²) in [5, 5.41) is 12.4. The number of carbonyl (C=O) groups excluding carboxylic acids is 10. The molecule has 0 saturated heterocycles. The predicted octanol–water partition coefficient (Wildman–Crippen LogP) is 15.7.